The summed E-state index contributed by atoms with van der Waals surface area (Å²) in [6.45, 7) is 12.4. The lowest BCUT2D eigenvalue weighted by molar-refractivity contribution is 0.236. The van der Waals surface area contributed by atoms with Crippen LogP contribution >= 0.6 is 0 Å². The molecule has 1 aliphatic rings. The minimum absolute atomic E-state index is 0.586. The molecular weight excluding hydrogens is 244 g/mol. The summed E-state index contributed by atoms with van der Waals surface area (Å²) in [5, 5.41) is 3.59. The molecule has 1 fully saturated rings. The Morgan fingerprint density at radius 1 is 1.15 bits per heavy atom. The second-order valence-electron chi connectivity index (χ2n) is 6.73. The van der Waals surface area contributed by atoms with E-state index in [1.54, 1.807) is 0 Å². The Balaban J connectivity index is 1.91. The second-order valence-corrected chi connectivity index (χ2v) is 6.73. The van der Waals surface area contributed by atoms with Crippen LogP contribution in [0, 0.1) is 0 Å². The van der Waals surface area contributed by atoms with Crippen LogP contribution in [0.1, 0.15) is 57.6 Å². The van der Waals surface area contributed by atoms with Gasteiger partial charge in [0.15, 0.2) is 0 Å². The maximum atomic E-state index is 3.59. The van der Waals surface area contributed by atoms with E-state index in [1.165, 1.54) is 30.5 Å². The highest BCUT2D eigenvalue weighted by molar-refractivity contribution is 5.24. The van der Waals surface area contributed by atoms with E-state index >= 15 is 0 Å². The fourth-order valence-corrected chi connectivity index (χ4v) is 2.95. The normalized spacial score (nSPS) is 20.2. The van der Waals surface area contributed by atoms with Gasteiger partial charge in [0.25, 0.3) is 0 Å². The summed E-state index contributed by atoms with van der Waals surface area (Å²) in [5.74, 6) is 0.624. The molecule has 2 nitrogen and oxygen atoms in total. The number of benzene rings is 1. The third-order valence-electron chi connectivity index (χ3n) is 4.29. The van der Waals surface area contributed by atoms with Gasteiger partial charge in [-0.3, -0.25) is 4.90 Å². The summed E-state index contributed by atoms with van der Waals surface area (Å²) in [6.07, 6.45) is 2.68. The SMILES string of the molecule is CC(C)NCC1CCCN1Cc1ccc(C(C)C)cc1. The summed E-state index contributed by atoms with van der Waals surface area (Å²) >= 11 is 0. The van der Waals surface area contributed by atoms with Crippen LogP contribution in [-0.2, 0) is 6.54 Å². The number of likely N-dealkylation sites (tertiary alicyclic amines) is 1. The fraction of sp³-hybridized carbons (Fsp3) is 0.667. The van der Waals surface area contributed by atoms with Crippen LogP contribution in [0.2, 0.25) is 0 Å². The lowest BCUT2D eigenvalue weighted by atomic mass is 10.0. The standard InChI is InChI=1S/C18H30N2/c1-14(2)17-9-7-16(8-10-17)13-20-11-5-6-18(20)12-19-15(3)4/h7-10,14-15,18-19H,5-6,11-13H2,1-4H3. The van der Waals surface area contributed by atoms with Gasteiger partial charge in [-0.15, -0.1) is 0 Å². The molecule has 0 spiro atoms. The Bertz CT molecular complexity index is 394. The van der Waals surface area contributed by atoms with Gasteiger partial charge in [-0.25, -0.2) is 0 Å². The fourth-order valence-electron chi connectivity index (χ4n) is 2.95. The first kappa shape index (κ1) is 15.5. The molecule has 112 valence electrons. The number of rotatable bonds is 6. The van der Waals surface area contributed by atoms with Crippen molar-refractivity contribution >= 4 is 0 Å². The van der Waals surface area contributed by atoms with Crippen molar-refractivity contribution in [3.63, 3.8) is 0 Å². The number of nitrogens with one attached hydrogen (secondary N) is 1. The topological polar surface area (TPSA) is 15.3 Å². The van der Waals surface area contributed by atoms with Crippen LogP contribution in [0.5, 0.6) is 0 Å². The molecule has 0 amide bonds. The molecule has 1 aromatic carbocycles. The minimum atomic E-state index is 0.586. The first-order chi connectivity index (χ1) is 9.56. The molecule has 1 aromatic rings. The third kappa shape index (κ3) is 4.32. The van der Waals surface area contributed by atoms with Crippen molar-refractivity contribution in [1.29, 1.82) is 0 Å². The van der Waals surface area contributed by atoms with Crippen LogP contribution in [-0.4, -0.2) is 30.1 Å². The van der Waals surface area contributed by atoms with Crippen LogP contribution in [0.4, 0.5) is 0 Å². The van der Waals surface area contributed by atoms with Crippen LogP contribution in [0.25, 0.3) is 0 Å². The van der Waals surface area contributed by atoms with E-state index in [9.17, 15) is 0 Å². The van der Waals surface area contributed by atoms with Crippen molar-refractivity contribution in [2.45, 2.75) is 65.1 Å². The first-order valence-corrected chi connectivity index (χ1v) is 8.12. The summed E-state index contributed by atoms with van der Waals surface area (Å²) in [5.41, 5.74) is 2.89. The Labute approximate surface area is 124 Å². The molecule has 1 N–H and O–H groups in total. The molecule has 1 saturated heterocycles. The van der Waals surface area contributed by atoms with Gasteiger partial charge in [0.05, 0.1) is 0 Å². The zero-order valence-corrected chi connectivity index (χ0v) is 13.5. The number of nitrogens with zero attached hydrogens (tertiary/aromatic N) is 1. The molecule has 1 atom stereocenters. The number of hydrogen-bond donors (Lipinski definition) is 1. The van der Waals surface area contributed by atoms with E-state index in [0.29, 0.717) is 18.0 Å². The van der Waals surface area contributed by atoms with Crippen molar-refractivity contribution < 1.29 is 0 Å². The maximum absolute atomic E-state index is 3.59. The van der Waals surface area contributed by atoms with Gasteiger partial charge in [-0.2, -0.15) is 0 Å². The van der Waals surface area contributed by atoms with Crippen molar-refractivity contribution in [3.8, 4) is 0 Å². The van der Waals surface area contributed by atoms with Crippen molar-refractivity contribution in [2.75, 3.05) is 13.1 Å². The Morgan fingerprint density at radius 3 is 2.45 bits per heavy atom. The molecule has 0 radical (unpaired) electrons. The van der Waals surface area contributed by atoms with Gasteiger partial charge in [0, 0.05) is 25.2 Å². The predicted molar refractivity (Wildman–Crippen MR) is 87.1 cm³/mol. The molecular formula is C18H30N2. The average molecular weight is 274 g/mol. The first-order valence-electron chi connectivity index (χ1n) is 8.12. The lowest BCUT2D eigenvalue weighted by Gasteiger charge is -2.26. The number of hydrogen-bond acceptors (Lipinski definition) is 2. The van der Waals surface area contributed by atoms with Gasteiger partial charge in [0.1, 0.15) is 0 Å². The van der Waals surface area contributed by atoms with Crippen LogP contribution < -0.4 is 5.32 Å². The van der Waals surface area contributed by atoms with E-state index in [2.05, 4.69) is 62.2 Å². The van der Waals surface area contributed by atoms with Gasteiger partial charge in [0.2, 0.25) is 0 Å². The summed E-state index contributed by atoms with van der Waals surface area (Å²) in [4.78, 5) is 2.64. The zero-order chi connectivity index (χ0) is 14.5. The Morgan fingerprint density at radius 2 is 1.85 bits per heavy atom. The van der Waals surface area contributed by atoms with Crippen molar-refractivity contribution in [2.24, 2.45) is 0 Å². The molecule has 0 aromatic heterocycles. The molecule has 0 bridgehead atoms. The van der Waals surface area contributed by atoms with Gasteiger partial charge in [-0.05, 0) is 36.4 Å². The molecule has 1 heterocycles. The molecule has 0 aliphatic carbocycles. The highest BCUT2D eigenvalue weighted by Gasteiger charge is 2.24. The highest BCUT2D eigenvalue weighted by atomic mass is 15.2. The Hall–Kier alpha value is -0.860. The van der Waals surface area contributed by atoms with Crippen LogP contribution in [0.15, 0.2) is 24.3 Å². The minimum Gasteiger partial charge on any atom is -0.313 e. The van der Waals surface area contributed by atoms with Gasteiger partial charge in [-0.1, -0.05) is 52.0 Å². The van der Waals surface area contributed by atoms with Gasteiger partial charge >= 0.3 is 0 Å². The largest absolute Gasteiger partial charge is 0.313 e. The van der Waals surface area contributed by atoms with Crippen LogP contribution in [0.3, 0.4) is 0 Å². The third-order valence-corrected chi connectivity index (χ3v) is 4.29. The van der Waals surface area contributed by atoms with E-state index < -0.39 is 0 Å². The van der Waals surface area contributed by atoms with E-state index in [-0.39, 0.29) is 0 Å². The van der Waals surface area contributed by atoms with E-state index in [0.717, 1.165) is 13.1 Å². The Kier molecular flexibility index (Phi) is 5.62. The van der Waals surface area contributed by atoms with E-state index in [4.69, 9.17) is 0 Å². The molecule has 1 unspecified atom stereocenters. The van der Waals surface area contributed by atoms with Gasteiger partial charge < -0.3 is 5.32 Å². The lowest BCUT2D eigenvalue weighted by Crippen LogP contribution is -2.39. The maximum Gasteiger partial charge on any atom is 0.0237 e. The molecule has 2 heteroatoms. The monoisotopic (exact) mass is 274 g/mol. The molecule has 0 saturated carbocycles. The molecule has 1 aliphatic heterocycles. The quantitative estimate of drug-likeness (QED) is 0.849. The zero-order valence-electron chi connectivity index (χ0n) is 13.5. The smallest absolute Gasteiger partial charge is 0.0237 e. The second kappa shape index (κ2) is 7.24. The summed E-state index contributed by atoms with van der Waals surface area (Å²) in [6, 6.07) is 10.5. The average Bonchev–Trinajstić information content (AvgIpc) is 2.84. The predicted octanol–water partition coefficient (Wildman–Crippen LogP) is 3.77. The van der Waals surface area contributed by atoms with E-state index in [1.807, 2.05) is 0 Å². The summed E-state index contributed by atoms with van der Waals surface area (Å²) < 4.78 is 0. The summed E-state index contributed by atoms with van der Waals surface area (Å²) in [7, 11) is 0. The molecule has 2 rings (SSSR count). The molecule has 20 heavy (non-hydrogen) atoms. The van der Waals surface area contributed by atoms with Crippen molar-refractivity contribution in [1.82, 2.24) is 10.2 Å². The van der Waals surface area contributed by atoms with Crippen molar-refractivity contribution in [3.05, 3.63) is 35.4 Å². The highest BCUT2D eigenvalue weighted by Crippen LogP contribution is 2.21.